The van der Waals surface area contributed by atoms with E-state index in [4.69, 9.17) is 9.47 Å². The van der Waals surface area contributed by atoms with Gasteiger partial charge in [0.1, 0.15) is 0 Å². The molecule has 5 heteroatoms. The summed E-state index contributed by atoms with van der Waals surface area (Å²) in [6.45, 7) is 0.810. The summed E-state index contributed by atoms with van der Waals surface area (Å²) in [7, 11) is 3.05. The number of benzene rings is 1. The van der Waals surface area contributed by atoms with Gasteiger partial charge in [-0.25, -0.2) is 4.79 Å². The molecule has 2 amide bonds. The lowest BCUT2D eigenvalue weighted by Gasteiger charge is -2.14. The van der Waals surface area contributed by atoms with E-state index in [1.807, 2.05) is 30.3 Å². The fraction of sp³-hybridized carbons (Fsp3) is 0.417. The van der Waals surface area contributed by atoms with Gasteiger partial charge in [0.2, 0.25) is 0 Å². The van der Waals surface area contributed by atoms with Crippen molar-refractivity contribution in [1.29, 1.82) is 0 Å². The molecule has 0 aliphatic heterocycles. The third-order valence-electron chi connectivity index (χ3n) is 2.25. The molecule has 1 rings (SSSR count). The molecule has 0 bridgehead atoms. The predicted molar refractivity (Wildman–Crippen MR) is 64.5 cm³/mol. The van der Waals surface area contributed by atoms with Crippen molar-refractivity contribution in [2.24, 2.45) is 0 Å². The maximum Gasteiger partial charge on any atom is 0.315 e. The Morgan fingerprint density at radius 3 is 2.41 bits per heavy atom. The molecular formula is C12H18N2O3. The Labute approximate surface area is 101 Å². The summed E-state index contributed by atoms with van der Waals surface area (Å²) in [5, 5.41) is 5.40. The first-order valence-electron chi connectivity index (χ1n) is 5.37. The highest BCUT2D eigenvalue weighted by Crippen LogP contribution is 1.96. The van der Waals surface area contributed by atoms with Gasteiger partial charge >= 0.3 is 6.03 Å². The summed E-state index contributed by atoms with van der Waals surface area (Å²) in [6, 6.07) is 9.46. The van der Waals surface area contributed by atoms with Gasteiger partial charge in [-0.3, -0.25) is 0 Å². The molecule has 0 aliphatic carbocycles. The maximum atomic E-state index is 11.4. The summed E-state index contributed by atoms with van der Waals surface area (Å²) >= 11 is 0. The van der Waals surface area contributed by atoms with Crippen molar-refractivity contribution in [3.8, 4) is 0 Å². The Morgan fingerprint density at radius 1 is 1.18 bits per heavy atom. The molecule has 0 heterocycles. The number of nitrogens with one attached hydrogen (secondary N) is 2. The van der Waals surface area contributed by atoms with Crippen LogP contribution >= 0.6 is 0 Å². The molecule has 2 N–H and O–H groups in total. The van der Waals surface area contributed by atoms with Gasteiger partial charge in [-0.05, 0) is 5.56 Å². The number of hydrogen-bond acceptors (Lipinski definition) is 3. The first kappa shape index (κ1) is 13.5. The number of hydrogen-bond donors (Lipinski definition) is 2. The van der Waals surface area contributed by atoms with Crippen molar-refractivity contribution in [2.45, 2.75) is 12.8 Å². The molecule has 94 valence electrons. The third kappa shape index (κ3) is 5.33. The number of amides is 2. The van der Waals surface area contributed by atoms with Gasteiger partial charge in [0.05, 0.1) is 6.54 Å². The van der Waals surface area contributed by atoms with Gasteiger partial charge in [0.25, 0.3) is 0 Å². The lowest BCUT2D eigenvalue weighted by molar-refractivity contribution is -0.0971. The average molecular weight is 238 g/mol. The Balaban J connectivity index is 2.22. The van der Waals surface area contributed by atoms with Crippen LogP contribution in [0.5, 0.6) is 0 Å². The van der Waals surface area contributed by atoms with Gasteiger partial charge in [-0.2, -0.15) is 0 Å². The summed E-state index contributed by atoms with van der Waals surface area (Å²) < 4.78 is 9.90. The van der Waals surface area contributed by atoms with Gasteiger partial charge in [-0.1, -0.05) is 30.3 Å². The first-order valence-corrected chi connectivity index (χ1v) is 5.37. The largest absolute Gasteiger partial charge is 0.354 e. The van der Waals surface area contributed by atoms with Crippen LogP contribution in [0.1, 0.15) is 5.56 Å². The van der Waals surface area contributed by atoms with Crippen molar-refractivity contribution in [3.05, 3.63) is 35.9 Å². The van der Waals surface area contributed by atoms with E-state index in [9.17, 15) is 4.79 Å². The van der Waals surface area contributed by atoms with Gasteiger partial charge in [0, 0.05) is 20.8 Å². The third-order valence-corrected chi connectivity index (χ3v) is 2.25. The Hall–Kier alpha value is -1.59. The van der Waals surface area contributed by atoms with E-state index in [1.54, 1.807) is 0 Å². The fourth-order valence-corrected chi connectivity index (χ4v) is 1.28. The van der Waals surface area contributed by atoms with Gasteiger partial charge in [0.15, 0.2) is 6.29 Å². The normalized spacial score (nSPS) is 10.3. The van der Waals surface area contributed by atoms with E-state index in [1.165, 1.54) is 14.2 Å². The second-order valence-corrected chi connectivity index (χ2v) is 3.45. The van der Waals surface area contributed by atoms with Crippen molar-refractivity contribution >= 4 is 6.03 Å². The quantitative estimate of drug-likeness (QED) is 0.730. The van der Waals surface area contributed by atoms with Gasteiger partial charge in [-0.15, -0.1) is 0 Å². The summed E-state index contributed by atoms with van der Waals surface area (Å²) in [5.74, 6) is 0. The molecule has 1 aromatic rings. The monoisotopic (exact) mass is 238 g/mol. The van der Waals surface area contributed by atoms with Crippen LogP contribution in [-0.2, 0) is 16.0 Å². The van der Waals surface area contributed by atoms with E-state index in [0.29, 0.717) is 13.1 Å². The number of methoxy groups -OCH3 is 2. The fourth-order valence-electron chi connectivity index (χ4n) is 1.28. The molecular weight excluding hydrogens is 220 g/mol. The zero-order chi connectivity index (χ0) is 12.5. The molecule has 17 heavy (non-hydrogen) atoms. The standard InChI is InChI=1S/C12H18N2O3/c1-16-11(17-2)9-14-12(15)13-8-10-6-4-3-5-7-10/h3-7,11H,8-9H2,1-2H3,(H2,13,14,15). The van der Waals surface area contributed by atoms with Crippen LogP contribution in [0.25, 0.3) is 0 Å². The van der Waals surface area contributed by atoms with E-state index in [2.05, 4.69) is 10.6 Å². The Bertz CT molecular complexity index is 326. The van der Waals surface area contributed by atoms with Crippen LogP contribution in [0.3, 0.4) is 0 Å². The zero-order valence-corrected chi connectivity index (χ0v) is 10.1. The van der Waals surface area contributed by atoms with E-state index < -0.39 is 6.29 Å². The summed E-state index contributed by atoms with van der Waals surface area (Å²) in [4.78, 5) is 11.4. The molecule has 0 spiro atoms. The van der Waals surface area contributed by atoms with Crippen LogP contribution in [0, 0.1) is 0 Å². The van der Waals surface area contributed by atoms with Crippen LogP contribution in [-0.4, -0.2) is 33.1 Å². The molecule has 1 aromatic carbocycles. The highest BCUT2D eigenvalue weighted by Gasteiger charge is 2.06. The minimum absolute atomic E-state index is 0.243. The van der Waals surface area contributed by atoms with E-state index >= 15 is 0 Å². The molecule has 0 atom stereocenters. The smallest absolute Gasteiger partial charge is 0.315 e. The second kappa shape index (κ2) is 7.65. The molecule has 0 radical (unpaired) electrons. The molecule has 0 aromatic heterocycles. The van der Waals surface area contributed by atoms with Crippen molar-refractivity contribution < 1.29 is 14.3 Å². The highest BCUT2D eigenvalue weighted by atomic mass is 16.7. The van der Waals surface area contributed by atoms with Crippen LogP contribution in [0.2, 0.25) is 0 Å². The number of carbonyl (C=O) groups is 1. The molecule has 0 saturated heterocycles. The maximum absolute atomic E-state index is 11.4. The topological polar surface area (TPSA) is 59.6 Å². The SMILES string of the molecule is COC(CNC(=O)NCc1ccccc1)OC. The highest BCUT2D eigenvalue weighted by molar-refractivity contribution is 5.73. The lowest BCUT2D eigenvalue weighted by atomic mass is 10.2. The molecule has 0 unspecified atom stereocenters. The number of rotatable bonds is 6. The number of urea groups is 1. The van der Waals surface area contributed by atoms with Crippen molar-refractivity contribution in [3.63, 3.8) is 0 Å². The molecule has 0 aliphatic rings. The van der Waals surface area contributed by atoms with Crippen LogP contribution in [0.4, 0.5) is 4.79 Å². The van der Waals surface area contributed by atoms with E-state index in [-0.39, 0.29) is 6.03 Å². The van der Waals surface area contributed by atoms with Crippen molar-refractivity contribution in [1.82, 2.24) is 10.6 Å². The lowest BCUT2D eigenvalue weighted by Crippen LogP contribution is -2.40. The summed E-state index contributed by atoms with van der Waals surface area (Å²) in [6.07, 6.45) is -0.419. The number of carbonyl (C=O) groups excluding carboxylic acids is 1. The molecule has 0 saturated carbocycles. The zero-order valence-electron chi connectivity index (χ0n) is 10.1. The van der Waals surface area contributed by atoms with Crippen LogP contribution in [0.15, 0.2) is 30.3 Å². The average Bonchev–Trinajstić information content (AvgIpc) is 2.39. The molecule has 0 fully saturated rings. The van der Waals surface area contributed by atoms with Gasteiger partial charge < -0.3 is 20.1 Å². The van der Waals surface area contributed by atoms with Crippen molar-refractivity contribution in [2.75, 3.05) is 20.8 Å². The number of ether oxygens (including phenoxy) is 2. The predicted octanol–water partition coefficient (Wildman–Crippen LogP) is 1.10. The summed E-state index contributed by atoms with van der Waals surface area (Å²) in [5.41, 5.74) is 1.05. The van der Waals surface area contributed by atoms with Crippen LogP contribution < -0.4 is 10.6 Å². The molecule has 5 nitrogen and oxygen atoms in total. The minimum atomic E-state index is -0.419. The minimum Gasteiger partial charge on any atom is -0.354 e. The first-order chi connectivity index (χ1) is 8.26. The van der Waals surface area contributed by atoms with E-state index in [0.717, 1.165) is 5.56 Å². The Morgan fingerprint density at radius 2 is 1.82 bits per heavy atom. The second-order valence-electron chi connectivity index (χ2n) is 3.45. The Kier molecular flexibility index (Phi) is 6.06.